The summed E-state index contributed by atoms with van der Waals surface area (Å²) in [5.74, 6) is 0.910. The van der Waals surface area contributed by atoms with E-state index in [0.717, 1.165) is 47.7 Å². The molecule has 3 rings (SSSR count). The van der Waals surface area contributed by atoms with E-state index in [1.54, 1.807) is 31.8 Å². The maximum Gasteiger partial charge on any atom is 0.331 e. The van der Waals surface area contributed by atoms with Gasteiger partial charge in [0, 0.05) is 30.8 Å². The van der Waals surface area contributed by atoms with Crippen LogP contribution in [-0.2, 0) is 38.2 Å². The number of carbonyl (C=O) groups is 5. The van der Waals surface area contributed by atoms with Gasteiger partial charge in [-0.1, -0.05) is 103 Å². The summed E-state index contributed by atoms with van der Waals surface area (Å²) in [6, 6.07) is 30.7. The molecule has 3 aromatic carbocycles. The number of hydrogen-bond acceptors (Lipinski definition) is 8. The van der Waals surface area contributed by atoms with Crippen LogP contribution in [0.3, 0.4) is 0 Å². The van der Waals surface area contributed by atoms with Gasteiger partial charge in [-0.15, -0.1) is 0 Å². The van der Waals surface area contributed by atoms with E-state index >= 15 is 0 Å². The molecule has 0 bridgehead atoms. The van der Waals surface area contributed by atoms with Crippen molar-refractivity contribution >= 4 is 59.1 Å². The van der Waals surface area contributed by atoms with Crippen LogP contribution in [0.1, 0.15) is 59.3 Å². The smallest absolute Gasteiger partial charge is 0.331 e. The molecule has 0 spiro atoms. The fraction of sp³-hybridized carbons (Fsp3) is 0.300. The van der Waals surface area contributed by atoms with Crippen molar-refractivity contribution in [2.24, 2.45) is 0 Å². The molecule has 0 aliphatic rings. The summed E-state index contributed by atoms with van der Waals surface area (Å²) >= 11 is 0. The van der Waals surface area contributed by atoms with Gasteiger partial charge in [-0.2, -0.15) is 0 Å². The van der Waals surface area contributed by atoms with Crippen LogP contribution in [0.15, 0.2) is 115 Å². The molecule has 0 aromatic heterocycles. The fourth-order valence-electron chi connectivity index (χ4n) is 4.38. The van der Waals surface area contributed by atoms with Gasteiger partial charge in [-0.3, -0.25) is 0 Å². The van der Waals surface area contributed by atoms with Crippen molar-refractivity contribution in [2.75, 3.05) is 19.8 Å². The van der Waals surface area contributed by atoms with E-state index < -0.39 is 6.89 Å². The lowest BCUT2D eigenvalue weighted by Gasteiger charge is -2.28. The summed E-state index contributed by atoms with van der Waals surface area (Å²) in [5.41, 5.74) is 0. The highest BCUT2D eigenvalue weighted by Crippen LogP contribution is 2.43. The predicted molar refractivity (Wildman–Crippen MR) is 199 cm³/mol. The summed E-state index contributed by atoms with van der Waals surface area (Å²) in [5, 5.41) is 3.42. The number of hydrogen-bond donors (Lipinski definition) is 0. The van der Waals surface area contributed by atoms with Crippen LogP contribution in [0.25, 0.3) is 0 Å². The second-order valence-electron chi connectivity index (χ2n) is 10.1. The number of rotatable bonds is 17. The highest BCUT2D eigenvalue weighted by Gasteiger charge is 2.26. The Balaban J connectivity index is 0.000000433. The molecule has 262 valence electrons. The zero-order valence-electron chi connectivity index (χ0n) is 28.8. The van der Waals surface area contributed by atoms with Crippen LogP contribution in [0.4, 0.5) is 0 Å². The van der Waals surface area contributed by atoms with Crippen molar-refractivity contribution in [3.8, 4) is 0 Å². The SMILES string of the molecule is CCOC(=O)/C=C/CCC/C=C/C(=O)OCC.CCOC(=O)C=P(c1ccccc1)(c1ccccc1)c1ccccc1.O=CCCCC=O. The molecule has 8 nitrogen and oxygen atoms in total. The van der Waals surface area contributed by atoms with Gasteiger partial charge in [0.05, 0.1) is 19.8 Å². The van der Waals surface area contributed by atoms with Gasteiger partial charge in [-0.25, -0.2) is 14.4 Å². The largest absolute Gasteiger partial charge is 0.463 e. The zero-order valence-corrected chi connectivity index (χ0v) is 29.7. The first-order valence-corrected chi connectivity index (χ1v) is 18.4. The molecule has 0 aliphatic heterocycles. The lowest BCUT2D eigenvalue weighted by Crippen LogP contribution is -2.29. The molecular formula is C40H49O8P. The topological polar surface area (TPSA) is 113 Å². The van der Waals surface area contributed by atoms with Crippen molar-refractivity contribution in [1.29, 1.82) is 0 Å². The number of carbonyl (C=O) groups excluding carboxylic acids is 5. The molecule has 49 heavy (non-hydrogen) atoms. The number of allylic oxidation sites excluding steroid dienone is 2. The molecule has 0 heterocycles. The van der Waals surface area contributed by atoms with E-state index in [9.17, 15) is 24.0 Å². The highest BCUT2D eigenvalue weighted by atomic mass is 31.2. The summed E-state index contributed by atoms with van der Waals surface area (Å²) in [6.45, 7) is 4.29. The Labute approximate surface area is 291 Å². The Hall–Kier alpha value is -4.81. The Bertz CT molecular complexity index is 1340. The molecule has 0 saturated heterocycles. The van der Waals surface area contributed by atoms with Crippen molar-refractivity contribution < 1.29 is 38.2 Å². The number of ether oxygens (including phenoxy) is 3. The quantitative estimate of drug-likeness (QED) is 0.0406. The Kier molecular flexibility index (Phi) is 23.4. The van der Waals surface area contributed by atoms with Gasteiger partial charge in [0.1, 0.15) is 12.6 Å². The Morgan fingerprint density at radius 2 is 0.837 bits per heavy atom. The van der Waals surface area contributed by atoms with Crippen LogP contribution < -0.4 is 15.9 Å². The monoisotopic (exact) mass is 688 g/mol. The van der Waals surface area contributed by atoms with Crippen LogP contribution in [0.5, 0.6) is 0 Å². The van der Waals surface area contributed by atoms with E-state index in [-0.39, 0.29) is 17.9 Å². The molecule has 3 aromatic rings. The molecule has 0 saturated carbocycles. The van der Waals surface area contributed by atoms with Crippen molar-refractivity contribution in [3.63, 3.8) is 0 Å². The second-order valence-corrected chi connectivity index (χ2v) is 13.4. The lowest BCUT2D eigenvalue weighted by molar-refractivity contribution is -0.138. The minimum Gasteiger partial charge on any atom is -0.463 e. The Morgan fingerprint density at radius 1 is 0.510 bits per heavy atom. The van der Waals surface area contributed by atoms with Crippen molar-refractivity contribution in [2.45, 2.75) is 59.3 Å². The summed E-state index contributed by atoms with van der Waals surface area (Å²) in [6.07, 6.45) is 12.2. The first kappa shape index (κ1) is 42.2. The fourth-order valence-corrected chi connectivity index (χ4v) is 8.04. The van der Waals surface area contributed by atoms with Crippen molar-refractivity contribution in [1.82, 2.24) is 0 Å². The second kappa shape index (κ2) is 27.2. The first-order chi connectivity index (χ1) is 23.9. The molecule has 0 radical (unpaired) electrons. The lowest BCUT2D eigenvalue weighted by atomic mass is 10.2. The molecule has 0 atom stereocenters. The predicted octanol–water partition coefficient (Wildman–Crippen LogP) is 6.30. The average molecular weight is 689 g/mol. The van der Waals surface area contributed by atoms with Crippen LogP contribution in [0, 0.1) is 0 Å². The molecule has 0 N–H and O–H groups in total. The molecule has 0 fully saturated rings. The number of aldehydes is 2. The van der Waals surface area contributed by atoms with E-state index in [1.165, 1.54) is 12.2 Å². The minimum atomic E-state index is -2.24. The summed E-state index contributed by atoms with van der Waals surface area (Å²) in [4.78, 5) is 53.5. The van der Waals surface area contributed by atoms with Gasteiger partial charge in [0.25, 0.3) is 0 Å². The van der Waals surface area contributed by atoms with E-state index in [2.05, 4.69) is 36.4 Å². The van der Waals surface area contributed by atoms with Crippen LogP contribution in [-0.4, -0.2) is 56.1 Å². The maximum atomic E-state index is 12.5. The van der Waals surface area contributed by atoms with Gasteiger partial charge >= 0.3 is 17.9 Å². The van der Waals surface area contributed by atoms with Crippen molar-refractivity contribution in [3.05, 3.63) is 115 Å². The number of esters is 3. The molecule has 0 aliphatic carbocycles. The standard InChI is InChI=1S/C22H21O2P.C13H20O4.C5H8O2/c1-2-24-22(23)18-25(19-12-6-3-7-13-19,20-14-8-4-9-15-20)21-16-10-5-11-17-21;1-3-16-12(14)10-8-6-5-7-9-11-13(15)17-4-2;6-4-2-1-3-5-7/h3-18H,2H2,1H3;8-11H,3-7H2,1-2H3;4-5H,1-3H2/b;10-8+,11-9+;. The highest BCUT2D eigenvalue weighted by molar-refractivity contribution is 7.95. The molecule has 0 unspecified atom stereocenters. The average Bonchev–Trinajstić information content (AvgIpc) is 3.12. The number of benzene rings is 3. The van der Waals surface area contributed by atoms with E-state index in [4.69, 9.17) is 14.2 Å². The number of unbranched alkanes of at least 4 members (excludes halogenated alkanes) is 4. The summed E-state index contributed by atoms with van der Waals surface area (Å²) < 4.78 is 14.7. The van der Waals surface area contributed by atoms with Gasteiger partial charge in [-0.05, 0) is 69.3 Å². The normalized spacial score (nSPS) is 10.5. The molecule has 0 amide bonds. The van der Waals surface area contributed by atoms with Gasteiger partial charge in [0.15, 0.2) is 0 Å². The van der Waals surface area contributed by atoms with E-state index in [1.807, 2.05) is 61.5 Å². The van der Waals surface area contributed by atoms with Gasteiger partial charge in [0.2, 0.25) is 0 Å². The van der Waals surface area contributed by atoms with Gasteiger partial charge < -0.3 is 23.8 Å². The summed E-state index contributed by atoms with van der Waals surface area (Å²) in [7, 11) is 0. The zero-order chi connectivity index (χ0) is 36.0. The van der Waals surface area contributed by atoms with Crippen LogP contribution >= 0.6 is 6.89 Å². The Morgan fingerprint density at radius 3 is 1.16 bits per heavy atom. The molecule has 9 heteroatoms. The third-order valence-electron chi connectivity index (χ3n) is 6.54. The third kappa shape index (κ3) is 17.2. The van der Waals surface area contributed by atoms with E-state index in [0.29, 0.717) is 39.1 Å². The molecular weight excluding hydrogens is 639 g/mol. The third-order valence-corrected chi connectivity index (χ3v) is 10.5. The first-order valence-electron chi connectivity index (χ1n) is 16.5. The maximum absolute atomic E-state index is 12.5. The van der Waals surface area contributed by atoms with Crippen LogP contribution in [0.2, 0.25) is 0 Å². The minimum absolute atomic E-state index is 0.271.